The number of anilines is 2. The van der Waals surface area contributed by atoms with Crippen LogP contribution in [-0.2, 0) is 0 Å². The average molecular weight is 253 g/mol. The maximum Gasteiger partial charge on any atom is 0.332 e. The van der Waals surface area contributed by atoms with E-state index < -0.39 is 4.92 Å². The normalized spacial score (nSPS) is 10.7. The lowest BCUT2D eigenvalue weighted by Gasteiger charge is -2.23. The van der Waals surface area contributed by atoms with E-state index in [1.165, 1.54) is 0 Å². The van der Waals surface area contributed by atoms with Crippen molar-refractivity contribution in [1.82, 2.24) is 9.97 Å². The molecular weight excluding hydrogens is 234 g/mol. The van der Waals surface area contributed by atoms with Gasteiger partial charge in [-0.3, -0.25) is 10.1 Å². The summed E-state index contributed by atoms with van der Waals surface area (Å²) >= 11 is 0. The van der Waals surface area contributed by atoms with E-state index in [9.17, 15) is 10.1 Å². The second-order valence-corrected chi connectivity index (χ2v) is 4.53. The number of aromatic nitrogens is 2. The predicted octanol–water partition coefficient (Wildman–Crippen LogP) is 1.76. The van der Waals surface area contributed by atoms with E-state index in [-0.39, 0.29) is 11.6 Å². The van der Waals surface area contributed by atoms with Gasteiger partial charge in [0.1, 0.15) is 5.69 Å². The molecule has 0 radical (unpaired) electrons. The van der Waals surface area contributed by atoms with E-state index in [1.807, 2.05) is 25.7 Å². The minimum Gasteiger partial charge on any atom is -0.368 e. The van der Waals surface area contributed by atoms with Gasteiger partial charge in [0.25, 0.3) is 0 Å². The van der Waals surface area contributed by atoms with E-state index in [1.54, 1.807) is 6.92 Å². The number of hydrogen-bond donors (Lipinski definition) is 1. The first-order valence-electron chi connectivity index (χ1n) is 5.90. The van der Waals surface area contributed by atoms with Gasteiger partial charge in [-0.2, -0.15) is 4.98 Å². The van der Waals surface area contributed by atoms with Crippen molar-refractivity contribution in [3.05, 3.63) is 15.8 Å². The molecule has 0 saturated carbocycles. The van der Waals surface area contributed by atoms with Crippen molar-refractivity contribution in [2.24, 2.45) is 5.92 Å². The van der Waals surface area contributed by atoms with Gasteiger partial charge in [-0.25, -0.2) is 4.98 Å². The number of nitrogen functional groups attached to an aromatic ring is 1. The van der Waals surface area contributed by atoms with Gasteiger partial charge in [0.2, 0.25) is 11.8 Å². The van der Waals surface area contributed by atoms with Crippen LogP contribution in [0, 0.1) is 23.0 Å². The molecule has 1 rings (SSSR count). The van der Waals surface area contributed by atoms with Gasteiger partial charge in [-0.15, -0.1) is 0 Å². The summed E-state index contributed by atoms with van der Waals surface area (Å²) in [5.41, 5.74) is 5.81. The molecule has 1 aromatic heterocycles. The third-order valence-electron chi connectivity index (χ3n) is 2.51. The van der Waals surface area contributed by atoms with E-state index in [2.05, 4.69) is 9.97 Å². The Hall–Kier alpha value is -1.92. The molecule has 0 atom stereocenters. The Kier molecular flexibility index (Phi) is 4.41. The summed E-state index contributed by atoms with van der Waals surface area (Å²) < 4.78 is 0. The molecule has 0 aromatic carbocycles. The fourth-order valence-corrected chi connectivity index (χ4v) is 1.81. The SMILES string of the molecule is CCN(CC(C)C)c1nc(N)nc(C)c1[N+](=O)[O-]. The van der Waals surface area contributed by atoms with Crippen molar-refractivity contribution < 1.29 is 4.92 Å². The van der Waals surface area contributed by atoms with Crippen LogP contribution in [0.25, 0.3) is 0 Å². The quantitative estimate of drug-likeness (QED) is 0.634. The molecule has 7 heteroatoms. The highest BCUT2D eigenvalue weighted by Gasteiger charge is 2.25. The molecule has 7 nitrogen and oxygen atoms in total. The highest BCUT2D eigenvalue weighted by molar-refractivity contribution is 5.61. The number of nitro groups is 1. The molecule has 0 unspecified atom stereocenters. The molecule has 0 aliphatic heterocycles. The molecule has 0 aliphatic rings. The van der Waals surface area contributed by atoms with Crippen LogP contribution in [0.2, 0.25) is 0 Å². The molecule has 2 N–H and O–H groups in total. The van der Waals surface area contributed by atoms with Crippen molar-refractivity contribution in [1.29, 1.82) is 0 Å². The summed E-state index contributed by atoms with van der Waals surface area (Å²) in [6.07, 6.45) is 0. The molecule has 100 valence electrons. The second-order valence-electron chi connectivity index (χ2n) is 4.53. The summed E-state index contributed by atoms with van der Waals surface area (Å²) in [5.74, 6) is 0.748. The van der Waals surface area contributed by atoms with Crippen LogP contribution in [0.3, 0.4) is 0 Å². The minimum atomic E-state index is -0.451. The van der Waals surface area contributed by atoms with Crippen LogP contribution in [0.15, 0.2) is 0 Å². The van der Waals surface area contributed by atoms with Crippen molar-refractivity contribution in [3.63, 3.8) is 0 Å². The zero-order valence-electron chi connectivity index (χ0n) is 11.2. The minimum absolute atomic E-state index is 0.0632. The lowest BCUT2D eigenvalue weighted by molar-refractivity contribution is -0.385. The molecule has 0 fully saturated rings. The number of nitrogens with zero attached hydrogens (tertiary/aromatic N) is 4. The molecular formula is C11H19N5O2. The first kappa shape index (κ1) is 14.1. The largest absolute Gasteiger partial charge is 0.368 e. The Bertz CT molecular complexity index is 447. The van der Waals surface area contributed by atoms with Crippen molar-refractivity contribution in [3.8, 4) is 0 Å². The summed E-state index contributed by atoms with van der Waals surface area (Å²) in [7, 11) is 0. The maximum absolute atomic E-state index is 11.1. The smallest absolute Gasteiger partial charge is 0.332 e. The lowest BCUT2D eigenvalue weighted by atomic mass is 10.2. The molecule has 1 aromatic rings. The summed E-state index contributed by atoms with van der Waals surface area (Å²) in [5, 5.41) is 11.1. The van der Waals surface area contributed by atoms with E-state index in [4.69, 9.17) is 5.73 Å². The lowest BCUT2D eigenvalue weighted by Crippen LogP contribution is -2.29. The van der Waals surface area contributed by atoms with Gasteiger partial charge >= 0.3 is 5.69 Å². The number of nitrogens with two attached hydrogens (primary N) is 1. The summed E-state index contributed by atoms with van der Waals surface area (Å²) in [4.78, 5) is 20.4. The van der Waals surface area contributed by atoms with Gasteiger partial charge < -0.3 is 10.6 Å². The Balaban J connectivity index is 3.31. The number of hydrogen-bond acceptors (Lipinski definition) is 6. The zero-order chi connectivity index (χ0) is 13.9. The van der Waals surface area contributed by atoms with E-state index in [0.717, 1.165) is 0 Å². The van der Waals surface area contributed by atoms with Gasteiger partial charge in [0.05, 0.1) is 4.92 Å². The zero-order valence-corrected chi connectivity index (χ0v) is 11.2. The van der Waals surface area contributed by atoms with Crippen LogP contribution in [-0.4, -0.2) is 28.0 Å². The third-order valence-corrected chi connectivity index (χ3v) is 2.51. The highest BCUT2D eigenvalue weighted by Crippen LogP contribution is 2.29. The first-order chi connectivity index (χ1) is 8.36. The van der Waals surface area contributed by atoms with Gasteiger partial charge in [-0.1, -0.05) is 13.8 Å². The van der Waals surface area contributed by atoms with Crippen LogP contribution in [0.4, 0.5) is 17.5 Å². The first-order valence-corrected chi connectivity index (χ1v) is 5.90. The fraction of sp³-hybridized carbons (Fsp3) is 0.636. The molecule has 1 heterocycles. The predicted molar refractivity (Wildman–Crippen MR) is 70.6 cm³/mol. The number of rotatable bonds is 5. The van der Waals surface area contributed by atoms with Crippen molar-refractivity contribution >= 4 is 17.5 Å². The van der Waals surface area contributed by atoms with Crippen molar-refractivity contribution in [2.45, 2.75) is 27.7 Å². The number of aryl methyl sites for hydroxylation is 1. The van der Waals surface area contributed by atoms with Crippen LogP contribution < -0.4 is 10.6 Å². The summed E-state index contributed by atoms with van der Waals surface area (Å²) in [6.45, 7) is 8.92. The highest BCUT2D eigenvalue weighted by atomic mass is 16.6. The average Bonchev–Trinajstić information content (AvgIpc) is 2.23. The fourth-order valence-electron chi connectivity index (χ4n) is 1.81. The molecule has 0 bridgehead atoms. The molecule has 0 spiro atoms. The third kappa shape index (κ3) is 3.06. The van der Waals surface area contributed by atoms with Gasteiger partial charge in [-0.05, 0) is 19.8 Å². The molecule has 0 aliphatic carbocycles. The second kappa shape index (κ2) is 5.61. The Morgan fingerprint density at radius 3 is 2.50 bits per heavy atom. The molecule has 18 heavy (non-hydrogen) atoms. The van der Waals surface area contributed by atoms with E-state index in [0.29, 0.717) is 30.5 Å². The van der Waals surface area contributed by atoms with Gasteiger partial charge in [0.15, 0.2) is 0 Å². The van der Waals surface area contributed by atoms with Gasteiger partial charge in [0, 0.05) is 13.1 Å². The maximum atomic E-state index is 11.1. The van der Waals surface area contributed by atoms with Crippen molar-refractivity contribution in [2.75, 3.05) is 23.7 Å². The summed E-state index contributed by atoms with van der Waals surface area (Å²) in [6, 6.07) is 0. The molecule has 0 amide bonds. The van der Waals surface area contributed by atoms with Crippen LogP contribution in [0.5, 0.6) is 0 Å². The molecule has 0 saturated heterocycles. The monoisotopic (exact) mass is 253 g/mol. The standard InChI is InChI=1S/C11H19N5O2/c1-5-15(6-7(2)3)10-9(16(17)18)8(4)13-11(12)14-10/h7H,5-6H2,1-4H3,(H2,12,13,14). The topological polar surface area (TPSA) is 98.2 Å². The van der Waals surface area contributed by atoms with E-state index >= 15 is 0 Å². The Morgan fingerprint density at radius 1 is 1.44 bits per heavy atom. The van der Waals surface area contributed by atoms with Crippen LogP contribution in [0.1, 0.15) is 26.5 Å². The van der Waals surface area contributed by atoms with Crippen LogP contribution >= 0.6 is 0 Å². The Labute approximate surface area is 106 Å². The Morgan fingerprint density at radius 2 is 2.06 bits per heavy atom.